The maximum absolute atomic E-state index is 11.7. The lowest BCUT2D eigenvalue weighted by Gasteiger charge is -2.00. The number of hydrogen-bond donors (Lipinski definition) is 2. The van der Waals surface area contributed by atoms with E-state index in [1.54, 1.807) is 19.5 Å². The summed E-state index contributed by atoms with van der Waals surface area (Å²) in [5.41, 5.74) is 0.526. The molecule has 2 N–H and O–H groups in total. The molecule has 0 aliphatic heterocycles. The molecule has 0 spiro atoms. The van der Waals surface area contributed by atoms with Crippen molar-refractivity contribution in [2.24, 2.45) is 0 Å². The van der Waals surface area contributed by atoms with E-state index in [2.05, 4.69) is 20.5 Å². The summed E-state index contributed by atoms with van der Waals surface area (Å²) in [6.45, 7) is 2.34. The lowest BCUT2D eigenvalue weighted by molar-refractivity contribution is 0.199. The van der Waals surface area contributed by atoms with Crippen molar-refractivity contribution in [1.29, 1.82) is 0 Å². The van der Waals surface area contributed by atoms with E-state index in [0.29, 0.717) is 17.2 Å². The van der Waals surface area contributed by atoms with Crippen LogP contribution in [0.5, 0.6) is 0 Å². The summed E-state index contributed by atoms with van der Waals surface area (Å²) >= 11 is 1.45. The van der Waals surface area contributed by atoms with E-state index in [-0.39, 0.29) is 5.43 Å². The second-order valence-electron chi connectivity index (χ2n) is 3.92. The van der Waals surface area contributed by atoms with Gasteiger partial charge in [-0.15, -0.1) is 10.2 Å². The zero-order valence-electron chi connectivity index (χ0n) is 10.7. The van der Waals surface area contributed by atoms with E-state index in [0.717, 1.165) is 24.5 Å². The summed E-state index contributed by atoms with van der Waals surface area (Å²) in [6.07, 6.45) is 4.06. The van der Waals surface area contributed by atoms with Gasteiger partial charge in [0.1, 0.15) is 5.01 Å². The molecule has 102 valence electrons. The van der Waals surface area contributed by atoms with Crippen LogP contribution in [0.3, 0.4) is 0 Å². The highest BCUT2D eigenvalue weighted by molar-refractivity contribution is 7.14. The number of aromatic amines is 1. The Hall–Kier alpha value is -1.57. The third-order valence-electron chi connectivity index (χ3n) is 2.52. The fourth-order valence-electron chi connectivity index (χ4n) is 1.54. The Morgan fingerprint density at radius 1 is 1.42 bits per heavy atom. The predicted molar refractivity (Wildman–Crippen MR) is 74.4 cm³/mol. The van der Waals surface area contributed by atoms with Crippen LogP contribution in [0.15, 0.2) is 23.3 Å². The highest BCUT2D eigenvalue weighted by atomic mass is 32.1. The van der Waals surface area contributed by atoms with Crippen molar-refractivity contribution < 1.29 is 4.74 Å². The molecule has 0 saturated carbocycles. The Bertz CT molecular complexity index is 567. The molecule has 2 aromatic rings. The van der Waals surface area contributed by atoms with Crippen LogP contribution in [0.2, 0.25) is 0 Å². The van der Waals surface area contributed by atoms with Gasteiger partial charge in [-0.3, -0.25) is 4.79 Å². The molecule has 2 heterocycles. The minimum absolute atomic E-state index is 0.0420. The molecule has 0 saturated heterocycles. The van der Waals surface area contributed by atoms with Crippen LogP contribution >= 0.6 is 11.3 Å². The van der Waals surface area contributed by atoms with Crippen LogP contribution in [0, 0.1) is 0 Å². The molecular formula is C12H16N4O2S. The molecular weight excluding hydrogens is 264 g/mol. The molecule has 0 unspecified atom stereocenters. The number of aromatic nitrogens is 3. The van der Waals surface area contributed by atoms with Crippen LogP contribution < -0.4 is 10.7 Å². The largest absolute Gasteiger partial charge is 0.383 e. The molecule has 7 heteroatoms. The van der Waals surface area contributed by atoms with Crippen LogP contribution in [0.4, 0.5) is 0 Å². The number of nitrogens with zero attached hydrogens (tertiary/aromatic N) is 2. The van der Waals surface area contributed by atoms with Crippen molar-refractivity contribution in [3.8, 4) is 10.6 Å². The molecule has 0 bridgehead atoms. The fraction of sp³-hybridized carbons (Fsp3) is 0.417. The van der Waals surface area contributed by atoms with Gasteiger partial charge in [-0.1, -0.05) is 11.3 Å². The summed E-state index contributed by atoms with van der Waals surface area (Å²) in [5, 5.41) is 13.0. The summed E-state index contributed by atoms with van der Waals surface area (Å²) in [7, 11) is 1.68. The molecule has 0 aromatic carbocycles. The number of nitrogens with one attached hydrogen (secondary N) is 2. The number of rotatable bonds is 7. The van der Waals surface area contributed by atoms with E-state index in [1.807, 2.05) is 0 Å². The van der Waals surface area contributed by atoms with Crippen LogP contribution in [0.25, 0.3) is 10.6 Å². The quantitative estimate of drug-likeness (QED) is 0.729. The Balaban J connectivity index is 1.92. The van der Waals surface area contributed by atoms with Crippen molar-refractivity contribution in [1.82, 2.24) is 20.5 Å². The number of methoxy groups -OCH3 is 1. The van der Waals surface area contributed by atoms with E-state index in [9.17, 15) is 4.79 Å². The first-order chi connectivity index (χ1) is 9.31. The molecule has 0 aliphatic carbocycles. The summed E-state index contributed by atoms with van der Waals surface area (Å²) < 4.78 is 4.94. The highest BCUT2D eigenvalue weighted by Crippen LogP contribution is 2.19. The molecule has 19 heavy (non-hydrogen) atoms. The van der Waals surface area contributed by atoms with Gasteiger partial charge >= 0.3 is 0 Å². The van der Waals surface area contributed by atoms with E-state index < -0.39 is 0 Å². The number of H-pyrrole nitrogens is 1. The van der Waals surface area contributed by atoms with Gasteiger partial charge in [-0.2, -0.15) is 0 Å². The first kappa shape index (κ1) is 13.9. The van der Waals surface area contributed by atoms with Gasteiger partial charge in [0.2, 0.25) is 0 Å². The minimum Gasteiger partial charge on any atom is -0.383 e. The van der Waals surface area contributed by atoms with E-state index in [1.165, 1.54) is 17.4 Å². The Kier molecular flexibility index (Phi) is 5.20. The zero-order valence-corrected chi connectivity index (χ0v) is 11.5. The summed E-state index contributed by atoms with van der Waals surface area (Å²) in [6, 6.07) is 1.49. The van der Waals surface area contributed by atoms with Crippen molar-refractivity contribution in [2.75, 3.05) is 26.8 Å². The van der Waals surface area contributed by atoms with Crippen LogP contribution in [-0.4, -0.2) is 42.0 Å². The monoisotopic (exact) mass is 280 g/mol. The SMILES string of the molecule is COCCNCCc1nnc(-c2c[nH]ccc2=O)s1. The lowest BCUT2D eigenvalue weighted by Crippen LogP contribution is -2.21. The Labute approximate surface area is 114 Å². The molecule has 0 fully saturated rings. The van der Waals surface area contributed by atoms with Gasteiger partial charge < -0.3 is 15.0 Å². The first-order valence-corrected chi connectivity index (χ1v) is 6.82. The first-order valence-electron chi connectivity index (χ1n) is 6.01. The van der Waals surface area contributed by atoms with Crippen molar-refractivity contribution in [2.45, 2.75) is 6.42 Å². The standard InChI is InChI=1S/C12H16N4O2S/c1-18-7-6-13-5-3-11-15-16-12(19-11)9-8-14-4-2-10(9)17/h2,4,8,13H,3,5-7H2,1H3,(H,14,17). The van der Waals surface area contributed by atoms with Gasteiger partial charge in [0.15, 0.2) is 10.4 Å². The normalized spacial score (nSPS) is 10.8. The Morgan fingerprint density at radius 2 is 2.32 bits per heavy atom. The molecule has 6 nitrogen and oxygen atoms in total. The van der Waals surface area contributed by atoms with Gasteiger partial charge in [0.25, 0.3) is 0 Å². The molecule has 2 aromatic heterocycles. The van der Waals surface area contributed by atoms with Gasteiger partial charge in [0, 0.05) is 45.1 Å². The van der Waals surface area contributed by atoms with Crippen molar-refractivity contribution >= 4 is 11.3 Å². The second-order valence-corrected chi connectivity index (χ2v) is 4.98. The van der Waals surface area contributed by atoms with E-state index >= 15 is 0 Å². The predicted octanol–water partition coefficient (Wildman–Crippen LogP) is 0.672. The van der Waals surface area contributed by atoms with Crippen LogP contribution in [0.1, 0.15) is 5.01 Å². The number of hydrogen-bond acceptors (Lipinski definition) is 6. The topological polar surface area (TPSA) is 79.9 Å². The summed E-state index contributed by atoms with van der Waals surface area (Å²) in [5.74, 6) is 0. The maximum atomic E-state index is 11.7. The molecule has 0 amide bonds. The zero-order chi connectivity index (χ0) is 13.5. The number of ether oxygens (including phenoxy) is 1. The average Bonchev–Trinajstić information content (AvgIpc) is 2.88. The van der Waals surface area contributed by atoms with Gasteiger partial charge in [-0.25, -0.2) is 0 Å². The van der Waals surface area contributed by atoms with Crippen molar-refractivity contribution in [3.05, 3.63) is 33.7 Å². The minimum atomic E-state index is -0.0420. The molecule has 0 atom stereocenters. The average molecular weight is 280 g/mol. The molecule has 2 rings (SSSR count). The second kappa shape index (κ2) is 7.13. The third kappa shape index (κ3) is 3.95. The van der Waals surface area contributed by atoms with Crippen molar-refractivity contribution in [3.63, 3.8) is 0 Å². The Morgan fingerprint density at radius 3 is 3.11 bits per heavy atom. The van der Waals surface area contributed by atoms with Crippen LogP contribution in [-0.2, 0) is 11.2 Å². The van der Waals surface area contributed by atoms with Gasteiger partial charge in [0.05, 0.1) is 12.2 Å². The maximum Gasteiger partial charge on any atom is 0.191 e. The fourth-order valence-corrected chi connectivity index (χ4v) is 2.40. The van der Waals surface area contributed by atoms with Gasteiger partial charge in [-0.05, 0) is 0 Å². The smallest absolute Gasteiger partial charge is 0.191 e. The number of pyridine rings is 1. The third-order valence-corrected chi connectivity index (χ3v) is 3.54. The summed E-state index contributed by atoms with van der Waals surface area (Å²) in [4.78, 5) is 14.5. The van der Waals surface area contributed by atoms with E-state index in [4.69, 9.17) is 4.74 Å². The highest BCUT2D eigenvalue weighted by Gasteiger charge is 2.09. The lowest BCUT2D eigenvalue weighted by atomic mass is 10.3. The molecule has 0 aliphatic rings. The molecule has 0 radical (unpaired) electrons.